The number of aromatic nitrogens is 1. The number of benzene rings is 1. The highest BCUT2D eigenvalue weighted by atomic mass is 16.6. The molecule has 2 heterocycles. The van der Waals surface area contributed by atoms with Crippen LogP contribution in [0.1, 0.15) is 18.5 Å². The molecule has 1 aromatic carbocycles. The van der Waals surface area contributed by atoms with Crippen molar-refractivity contribution in [1.82, 2.24) is 9.88 Å². The molecule has 6 heteroatoms. The van der Waals surface area contributed by atoms with Gasteiger partial charge in [-0.15, -0.1) is 0 Å². The molecule has 23 heavy (non-hydrogen) atoms. The monoisotopic (exact) mass is 314 g/mol. The van der Waals surface area contributed by atoms with Gasteiger partial charge in [-0.2, -0.15) is 0 Å². The van der Waals surface area contributed by atoms with Crippen LogP contribution in [0.25, 0.3) is 10.8 Å². The number of rotatable bonds is 3. The van der Waals surface area contributed by atoms with Gasteiger partial charge in [-0.05, 0) is 46.0 Å². The highest BCUT2D eigenvalue weighted by Crippen LogP contribution is 2.33. The van der Waals surface area contributed by atoms with Crippen molar-refractivity contribution in [2.75, 3.05) is 32.1 Å². The number of piperidine rings is 1. The zero-order valence-electron chi connectivity index (χ0n) is 13.8. The third-order valence-corrected chi connectivity index (χ3v) is 4.73. The lowest BCUT2D eigenvalue weighted by molar-refractivity contribution is -0.383. The molecule has 1 aliphatic rings. The van der Waals surface area contributed by atoms with E-state index < -0.39 is 0 Å². The maximum absolute atomic E-state index is 11.3. The average Bonchev–Trinajstić information content (AvgIpc) is 2.53. The van der Waals surface area contributed by atoms with Crippen LogP contribution in [0.3, 0.4) is 0 Å². The fraction of sp³-hybridized carbons (Fsp3) is 0.471. The molecule has 0 aliphatic carbocycles. The van der Waals surface area contributed by atoms with Crippen LogP contribution in [0.15, 0.2) is 24.3 Å². The van der Waals surface area contributed by atoms with Gasteiger partial charge in [-0.3, -0.25) is 10.1 Å². The normalized spacial score (nSPS) is 16.7. The highest BCUT2D eigenvalue weighted by Gasteiger charge is 2.24. The quantitative estimate of drug-likeness (QED) is 0.644. The summed E-state index contributed by atoms with van der Waals surface area (Å²) in [5.41, 5.74) is 0.951. The molecular weight excluding hydrogens is 292 g/mol. The molecular formula is C17H22N4O2. The van der Waals surface area contributed by atoms with Crippen LogP contribution < -0.4 is 4.90 Å². The maximum Gasteiger partial charge on any atom is 0.277 e. The summed E-state index contributed by atoms with van der Waals surface area (Å²) in [7, 11) is 4.19. The lowest BCUT2D eigenvalue weighted by Crippen LogP contribution is -2.42. The number of hydrogen-bond donors (Lipinski definition) is 0. The minimum Gasteiger partial charge on any atom is -0.356 e. The van der Waals surface area contributed by atoms with E-state index in [0.717, 1.165) is 42.8 Å². The van der Waals surface area contributed by atoms with Crippen LogP contribution in [-0.2, 0) is 0 Å². The first-order chi connectivity index (χ1) is 11.0. The summed E-state index contributed by atoms with van der Waals surface area (Å²) < 4.78 is 0. The van der Waals surface area contributed by atoms with Gasteiger partial charge < -0.3 is 9.80 Å². The largest absolute Gasteiger partial charge is 0.356 e. The molecule has 1 aromatic heterocycles. The van der Waals surface area contributed by atoms with Crippen molar-refractivity contribution in [3.63, 3.8) is 0 Å². The molecule has 1 saturated heterocycles. The molecule has 122 valence electrons. The van der Waals surface area contributed by atoms with Gasteiger partial charge in [0.15, 0.2) is 0 Å². The maximum atomic E-state index is 11.3. The molecule has 0 atom stereocenters. The highest BCUT2D eigenvalue weighted by molar-refractivity contribution is 5.98. The van der Waals surface area contributed by atoms with Crippen molar-refractivity contribution in [3.05, 3.63) is 40.1 Å². The van der Waals surface area contributed by atoms with E-state index in [2.05, 4.69) is 28.9 Å². The third-order valence-electron chi connectivity index (χ3n) is 4.73. The SMILES string of the molecule is Cc1cc2c([N+](=O)[O-])cccc2c(N(C)C2CCN(C)CC2)n1. The predicted octanol–water partition coefficient (Wildman–Crippen LogP) is 2.98. The zero-order valence-corrected chi connectivity index (χ0v) is 13.8. The van der Waals surface area contributed by atoms with Gasteiger partial charge in [0.25, 0.3) is 5.69 Å². The second-order valence-electron chi connectivity index (χ2n) is 6.36. The van der Waals surface area contributed by atoms with Crippen molar-refractivity contribution >= 4 is 22.3 Å². The van der Waals surface area contributed by atoms with E-state index in [1.807, 2.05) is 13.0 Å². The summed E-state index contributed by atoms with van der Waals surface area (Å²) in [5, 5.41) is 12.8. The minimum atomic E-state index is -0.318. The van der Waals surface area contributed by atoms with Gasteiger partial charge in [0, 0.05) is 30.2 Å². The number of nitro groups is 1. The van der Waals surface area contributed by atoms with Crippen molar-refractivity contribution in [3.8, 4) is 0 Å². The van der Waals surface area contributed by atoms with Gasteiger partial charge in [-0.25, -0.2) is 4.98 Å². The molecule has 0 bridgehead atoms. The second-order valence-corrected chi connectivity index (χ2v) is 6.36. The summed E-state index contributed by atoms with van der Waals surface area (Å²) in [6, 6.07) is 7.45. The topological polar surface area (TPSA) is 62.5 Å². The van der Waals surface area contributed by atoms with Crippen molar-refractivity contribution < 1.29 is 4.92 Å². The fourth-order valence-corrected chi connectivity index (χ4v) is 3.35. The van der Waals surface area contributed by atoms with Crippen LogP contribution >= 0.6 is 0 Å². The smallest absolute Gasteiger partial charge is 0.277 e. The molecule has 0 amide bonds. The molecule has 3 rings (SSSR count). The molecule has 0 spiro atoms. The second kappa shape index (κ2) is 6.12. The Bertz CT molecular complexity index is 739. The number of pyridine rings is 1. The molecule has 1 aliphatic heterocycles. The van der Waals surface area contributed by atoms with E-state index in [1.165, 1.54) is 0 Å². The van der Waals surface area contributed by atoms with Crippen LogP contribution in [0, 0.1) is 17.0 Å². The van der Waals surface area contributed by atoms with Gasteiger partial charge in [0.05, 0.1) is 10.3 Å². The van der Waals surface area contributed by atoms with Crippen LogP contribution in [-0.4, -0.2) is 48.0 Å². The van der Waals surface area contributed by atoms with E-state index in [0.29, 0.717) is 11.4 Å². The Kier molecular flexibility index (Phi) is 4.17. The lowest BCUT2D eigenvalue weighted by atomic mass is 10.0. The fourth-order valence-electron chi connectivity index (χ4n) is 3.35. The molecule has 0 N–H and O–H groups in total. The molecule has 0 saturated carbocycles. The van der Waals surface area contributed by atoms with Crippen LogP contribution in [0.2, 0.25) is 0 Å². The lowest BCUT2D eigenvalue weighted by Gasteiger charge is -2.36. The summed E-state index contributed by atoms with van der Waals surface area (Å²) in [6.45, 7) is 4.03. The van der Waals surface area contributed by atoms with Gasteiger partial charge >= 0.3 is 0 Å². The number of aryl methyl sites for hydroxylation is 1. The van der Waals surface area contributed by atoms with Crippen molar-refractivity contribution in [2.24, 2.45) is 0 Å². The van der Waals surface area contributed by atoms with E-state index in [-0.39, 0.29) is 10.6 Å². The number of likely N-dealkylation sites (tertiary alicyclic amines) is 1. The molecule has 6 nitrogen and oxygen atoms in total. The van der Waals surface area contributed by atoms with Crippen LogP contribution in [0.4, 0.5) is 11.5 Å². The average molecular weight is 314 g/mol. The minimum absolute atomic E-state index is 0.144. The van der Waals surface area contributed by atoms with Crippen molar-refractivity contribution in [1.29, 1.82) is 0 Å². The first kappa shape index (κ1) is 15.7. The Morgan fingerprint density at radius 1 is 1.30 bits per heavy atom. The van der Waals surface area contributed by atoms with Crippen LogP contribution in [0.5, 0.6) is 0 Å². The zero-order chi connectivity index (χ0) is 16.6. The summed E-state index contributed by atoms with van der Waals surface area (Å²) in [4.78, 5) is 20.2. The van der Waals surface area contributed by atoms with Gasteiger partial charge in [0.1, 0.15) is 5.82 Å². The summed E-state index contributed by atoms with van der Waals surface area (Å²) in [6.07, 6.45) is 2.16. The third kappa shape index (κ3) is 2.99. The first-order valence-corrected chi connectivity index (χ1v) is 7.93. The Hall–Kier alpha value is -2.21. The number of anilines is 1. The van der Waals surface area contributed by atoms with Gasteiger partial charge in [-0.1, -0.05) is 12.1 Å². The Morgan fingerprint density at radius 3 is 2.65 bits per heavy atom. The van der Waals surface area contributed by atoms with Crippen molar-refractivity contribution in [2.45, 2.75) is 25.8 Å². The predicted molar refractivity (Wildman–Crippen MR) is 92.1 cm³/mol. The number of hydrogen-bond acceptors (Lipinski definition) is 5. The van der Waals surface area contributed by atoms with E-state index in [1.54, 1.807) is 18.2 Å². The first-order valence-electron chi connectivity index (χ1n) is 7.93. The molecule has 1 fully saturated rings. The Balaban J connectivity index is 2.06. The van der Waals surface area contributed by atoms with E-state index >= 15 is 0 Å². The number of nitrogens with zero attached hydrogens (tertiary/aromatic N) is 4. The number of nitro benzene ring substituents is 1. The van der Waals surface area contributed by atoms with E-state index in [9.17, 15) is 10.1 Å². The Labute approximate surface area is 135 Å². The molecule has 0 unspecified atom stereocenters. The standard InChI is InChI=1S/C17H22N4O2/c1-12-11-15-14(5-4-6-16(15)21(22)23)17(18-12)20(3)13-7-9-19(2)10-8-13/h4-6,11,13H,7-10H2,1-3H3. The van der Waals surface area contributed by atoms with Gasteiger partial charge in [0.2, 0.25) is 0 Å². The number of fused-ring (bicyclic) bond motifs is 1. The summed E-state index contributed by atoms with van der Waals surface area (Å²) in [5.74, 6) is 0.846. The molecule has 2 aromatic rings. The molecule has 0 radical (unpaired) electrons. The number of non-ortho nitro benzene ring substituents is 1. The summed E-state index contributed by atoms with van der Waals surface area (Å²) >= 11 is 0. The Morgan fingerprint density at radius 2 is 2.00 bits per heavy atom. The van der Waals surface area contributed by atoms with E-state index in [4.69, 9.17) is 0 Å².